The summed E-state index contributed by atoms with van der Waals surface area (Å²) in [6, 6.07) is 3.32. The number of anilines is 1. The number of carbonyl (C=O) groups excluding carboxylic acids is 1. The van der Waals surface area contributed by atoms with Crippen molar-refractivity contribution in [2.45, 2.75) is 38.8 Å². The van der Waals surface area contributed by atoms with Crippen molar-refractivity contribution in [3.63, 3.8) is 0 Å². The van der Waals surface area contributed by atoms with Crippen molar-refractivity contribution >= 4 is 11.9 Å². The summed E-state index contributed by atoms with van der Waals surface area (Å²) in [7, 11) is 0. The zero-order valence-electron chi connectivity index (χ0n) is 12.1. The second-order valence-corrected chi connectivity index (χ2v) is 5.93. The fourth-order valence-corrected chi connectivity index (χ4v) is 2.07. The molecule has 6 nitrogen and oxygen atoms in total. The minimum atomic E-state index is -0.484. The van der Waals surface area contributed by atoms with Crippen LogP contribution in [0, 0.1) is 0 Å². The predicted molar refractivity (Wildman–Crippen MR) is 75.7 cm³/mol. The fraction of sp³-hybridized carbons (Fsp3) is 0.571. The van der Waals surface area contributed by atoms with Gasteiger partial charge in [0.05, 0.1) is 0 Å². The summed E-state index contributed by atoms with van der Waals surface area (Å²) in [6.45, 7) is 6.74. The molecule has 1 aliphatic rings. The molecule has 0 radical (unpaired) electrons. The van der Waals surface area contributed by atoms with Crippen LogP contribution in [0.25, 0.3) is 0 Å². The van der Waals surface area contributed by atoms with E-state index in [1.165, 1.54) is 0 Å². The topological polar surface area (TPSA) is 74.7 Å². The number of aromatic hydroxyl groups is 1. The van der Waals surface area contributed by atoms with Gasteiger partial charge in [-0.2, -0.15) is 0 Å². The maximum absolute atomic E-state index is 11.9. The SMILES string of the molecule is CC(C)(C)OC(=O)N1CC[C@@H](Nc2ncccc2O)C1. The predicted octanol–water partition coefficient (Wildman–Crippen LogP) is 2.21. The van der Waals surface area contributed by atoms with Crippen LogP contribution in [-0.2, 0) is 4.74 Å². The van der Waals surface area contributed by atoms with Gasteiger partial charge in [0.1, 0.15) is 5.60 Å². The van der Waals surface area contributed by atoms with Gasteiger partial charge >= 0.3 is 6.09 Å². The molecule has 0 bridgehead atoms. The van der Waals surface area contributed by atoms with Crippen LogP contribution in [0.2, 0.25) is 0 Å². The Morgan fingerprint density at radius 1 is 1.55 bits per heavy atom. The molecule has 1 atom stereocenters. The average molecular weight is 279 g/mol. The van der Waals surface area contributed by atoms with E-state index >= 15 is 0 Å². The number of nitrogens with zero attached hydrogens (tertiary/aromatic N) is 2. The van der Waals surface area contributed by atoms with E-state index in [9.17, 15) is 9.90 Å². The van der Waals surface area contributed by atoms with Crippen LogP contribution in [-0.4, -0.2) is 45.8 Å². The third-order valence-electron chi connectivity index (χ3n) is 2.97. The lowest BCUT2D eigenvalue weighted by molar-refractivity contribution is 0.0293. The van der Waals surface area contributed by atoms with Gasteiger partial charge in [-0.05, 0) is 39.3 Å². The molecule has 0 aliphatic carbocycles. The molecule has 1 saturated heterocycles. The van der Waals surface area contributed by atoms with Crippen LogP contribution in [0.15, 0.2) is 18.3 Å². The second-order valence-electron chi connectivity index (χ2n) is 5.93. The first-order valence-electron chi connectivity index (χ1n) is 6.73. The van der Waals surface area contributed by atoms with Gasteiger partial charge in [-0.3, -0.25) is 0 Å². The molecule has 1 aromatic rings. The highest BCUT2D eigenvalue weighted by Crippen LogP contribution is 2.23. The smallest absolute Gasteiger partial charge is 0.410 e. The number of aromatic nitrogens is 1. The molecule has 1 aliphatic heterocycles. The number of nitrogens with one attached hydrogen (secondary N) is 1. The van der Waals surface area contributed by atoms with Gasteiger partial charge in [0.15, 0.2) is 11.6 Å². The van der Waals surface area contributed by atoms with E-state index in [-0.39, 0.29) is 17.9 Å². The molecule has 0 aromatic carbocycles. The van der Waals surface area contributed by atoms with E-state index in [0.29, 0.717) is 18.9 Å². The van der Waals surface area contributed by atoms with E-state index in [1.54, 1.807) is 23.2 Å². The Kier molecular flexibility index (Phi) is 4.01. The summed E-state index contributed by atoms with van der Waals surface area (Å²) in [5, 5.41) is 12.8. The molecule has 1 amide bonds. The van der Waals surface area contributed by atoms with Crippen molar-refractivity contribution in [1.29, 1.82) is 0 Å². The van der Waals surface area contributed by atoms with Crippen molar-refractivity contribution in [3.8, 4) is 5.75 Å². The minimum absolute atomic E-state index is 0.0725. The molecular formula is C14H21N3O3. The lowest BCUT2D eigenvalue weighted by Gasteiger charge is -2.24. The van der Waals surface area contributed by atoms with Crippen molar-refractivity contribution in [2.24, 2.45) is 0 Å². The van der Waals surface area contributed by atoms with Crippen LogP contribution in [0.5, 0.6) is 5.75 Å². The summed E-state index contributed by atoms with van der Waals surface area (Å²) in [6.07, 6.45) is 2.12. The van der Waals surface area contributed by atoms with Crippen molar-refractivity contribution in [3.05, 3.63) is 18.3 Å². The van der Waals surface area contributed by atoms with Gasteiger partial charge in [0, 0.05) is 25.3 Å². The molecule has 6 heteroatoms. The maximum atomic E-state index is 11.9. The van der Waals surface area contributed by atoms with Gasteiger partial charge in [-0.1, -0.05) is 0 Å². The molecular weight excluding hydrogens is 258 g/mol. The first kappa shape index (κ1) is 14.4. The van der Waals surface area contributed by atoms with Gasteiger partial charge < -0.3 is 20.1 Å². The van der Waals surface area contributed by atoms with Crippen LogP contribution in [0.3, 0.4) is 0 Å². The summed E-state index contributed by atoms with van der Waals surface area (Å²) >= 11 is 0. The van der Waals surface area contributed by atoms with E-state index in [0.717, 1.165) is 6.42 Å². The minimum Gasteiger partial charge on any atom is -0.504 e. The lowest BCUT2D eigenvalue weighted by Crippen LogP contribution is -2.36. The summed E-state index contributed by atoms with van der Waals surface area (Å²) in [5.41, 5.74) is -0.484. The normalized spacial score (nSPS) is 18.9. The monoisotopic (exact) mass is 279 g/mol. The highest BCUT2D eigenvalue weighted by molar-refractivity contribution is 5.68. The van der Waals surface area contributed by atoms with E-state index < -0.39 is 5.60 Å². The maximum Gasteiger partial charge on any atom is 0.410 e. The molecule has 1 aromatic heterocycles. The van der Waals surface area contributed by atoms with Crippen molar-refractivity contribution < 1.29 is 14.6 Å². The zero-order chi connectivity index (χ0) is 14.8. The largest absolute Gasteiger partial charge is 0.504 e. The number of rotatable bonds is 2. The van der Waals surface area contributed by atoms with E-state index in [4.69, 9.17) is 4.74 Å². The van der Waals surface area contributed by atoms with Crippen LogP contribution in [0.4, 0.5) is 10.6 Å². The van der Waals surface area contributed by atoms with Gasteiger partial charge in [0.2, 0.25) is 0 Å². The first-order chi connectivity index (χ1) is 9.35. The van der Waals surface area contributed by atoms with E-state index in [1.807, 2.05) is 20.8 Å². The first-order valence-corrected chi connectivity index (χ1v) is 6.73. The molecule has 0 saturated carbocycles. The Labute approximate surface area is 118 Å². The Balaban J connectivity index is 1.90. The number of pyridine rings is 1. The van der Waals surface area contributed by atoms with Gasteiger partial charge in [-0.25, -0.2) is 9.78 Å². The Morgan fingerprint density at radius 3 is 2.95 bits per heavy atom. The third kappa shape index (κ3) is 3.76. The Morgan fingerprint density at radius 2 is 2.30 bits per heavy atom. The average Bonchev–Trinajstić information content (AvgIpc) is 2.79. The van der Waals surface area contributed by atoms with Crippen LogP contribution >= 0.6 is 0 Å². The molecule has 110 valence electrons. The molecule has 2 heterocycles. The second kappa shape index (κ2) is 5.56. The third-order valence-corrected chi connectivity index (χ3v) is 2.97. The highest BCUT2D eigenvalue weighted by atomic mass is 16.6. The quantitative estimate of drug-likeness (QED) is 0.868. The van der Waals surface area contributed by atoms with Crippen molar-refractivity contribution in [2.75, 3.05) is 18.4 Å². The number of amides is 1. The number of hydrogen-bond donors (Lipinski definition) is 2. The van der Waals surface area contributed by atoms with Gasteiger partial charge in [-0.15, -0.1) is 0 Å². The van der Waals surface area contributed by atoms with Crippen LogP contribution < -0.4 is 5.32 Å². The molecule has 0 unspecified atom stereocenters. The molecule has 0 spiro atoms. The summed E-state index contributed by atoms with van der Waals surface area (Å²) in [5.74, 6) is 0.562. The molecule has 1 fully saturated rings. The number of carbonyl (C=O) groups is 1. The van der Waals surface area contributed by atoms with Crippen LogP contribution in [0.1, 0.15) is 27.2 Å². The molecule has 2 N–H and O–H groups in total. The number of ether oxygens (including phenoxy) is 1. The molecule has 2 rings (SSSR count). The number of likely N-dealkylation sites (tertiary alicyclic amines) is 1. The Bertz CT molecular complexity index is 485. The highest BCUT2D eigenvalue weighted by Gasteiger charge is 2.30. The van der Waals surface area contributed by atoms with Gasteiger partial charge in [0.25, 0.3) is 0 Å². The van der Waals surface area contributed by atoms with Crippen molar-refractivity contribution in [1.82, 2.24) is 9.88 Å². The lowest BCUT2D eigenvalue weighted by atomic mass is 10.2. The summed E-state index contributed by atoms with van der Waals surface area (Å²) in [4.78, 5) is 17.7. The fourth-order valence-electron chi connectivity index (χ4n) is 2.07. The number of hydrogen-bond acceptors (Lipinski definition) is 5. The standard InChI is InChI=1S/C14H21N3O3/c1-14(2,3)20-13(19)17-8-6-10(9-17)16-12-11(18)5-4-7-15-12/h4-5,7,10,18H,6,8-9H2,1-3H3,(H,15,16)/t10-/m1/s1. The molecule has 20 heavy (non-hydrogen) atoms. The zero-order valence-corrected chi connectivity index (χ0v) is 12.1. The van der Waals surface area contributed by atoms with E-state index in [2.05, 4.69) is 10.3 Å². The summed E-state index contributed by atoms with van der Waals surface area (Å²) < 4.78 is 5.34. The Hall–Kier alpha value is -1.98.